The monoisotopic (exact) mass is 302 g/mol. The van der Waals surface area contributed by atoms with Gasteiger partial charge in [0.2, 0.25) is 5.91 Å². The molecule has 0 radical (unpaired) electrons. The first-order valence-electron chi connectivity index (χ1n) is 7.61. The highest BCUT2D eigenvalue weighted by molar-refractivity contribution is 5.95. The lowest BCUT2D eigenvalue weighted by Gasteiger charge is -2.30. The average molecular weight is 302 g/mol. The molecule has 0 heterocycles. The van der Waals surface area contributed by atoms with Gasteiger partial charge in [-0.15, -0.1) is 0 Å². The molecular formula is C17H22N2O3. The third kappa shape index (κ3) is 4.43. The number of amides is 1. The van der Waals surface area contributed by atoms with E-state index in [0.717, 1.165) is 24.8 Å². The van der Waals surface area contributed by atoms with Gasteiger partial charge in [0.1, 0.15) is 0 Å². The maximum atomic E-state index is 12.0. The molecule has 1 aliphatic rings. The van der Waals surface area contributed by atoms with Crippen molar-refractivity contribution in [3.05, 3.63) is 35.9 Å². The Labute approximate surface area is 130 Å². The minimum atomic E-state index is -0.433. The number of anilines is 1. The highest BCUT2D eigenvalue weighted by Gasteiger charge is 2.29. The van der Waals surface area contributed by atoms with Crippen LogP contribution in [0, 0.1) is 5.92 Å². The predicted molar refractivity (Wildman–Crippen MR) is 86.1 cm³/mol. The van der Waals surface area contributed by atoms with Crippen molar-refractivity contribution in [3.8, 4) is 0 Å². The molecule has 118 valence electrons. The smallest absolute Gasteiger partial charge is 0.330 e. The summed E-state index contributed by atoms with van der Waals surface area (Å²) < 4.78 is 4.81. The minimum Gasteiger partial charge on any atom is -0.463 e. The highest BCUT2D eigenvalue weighted by Crippen LogP contribution is 2.29. The Kier molecular flexibility index (Phi) is 5.72. The molecule has 0 spiro atoms. The molecule has 0 aromatic heterocycles. The molecule has 1 amide bonds. The van der Waals surface area contributed by atoms with Gasteiger partial charge in [-0.25, -0.2) is 4.79 Å². The molecule has 1 unspecified atom stereocenters. The third-order valence-electron chi connectivity index (χ3n) is 3.84. The van der Waals surface area contributed by atoms with Crippen molar-refractivity contribution in [1.29, 1.82) is 0 Å². The van der Waals surface area contributed by atoms with Gasteiger partial charge >= 0.3 is 5.97 Å². The number of benzene rings is 1. The van der Waals surface area contributed by atoms with Crippen molar-refractivity contribution in [1.82, 2.24) is 0 Å². The van der Waals surface area contributed by atoms with Crippen LogP contribution in [-0.4, -0.2) is 24.5 Å². The van der Waals surface area contributed by atoms with E-state index in [1.165, 1.54) is 6.08 Å². The van der Waals surface area contributed by atoms with Gasteiger partial charge in [-0.05, 0) is 49.5 Å². The first-order valence-corrected chi connectivity index (χ1v) is 7.61. The molecule has 0 saturated heterocycles. The number of hydrogen-bond acceptors (Lipinski definition) is 4. The fraction of sp³-hybridized carbons (Fsp3) is 0.412. The normalized spacial score (nSPS) is 16.1. The topological polar surface area (TPSA) is 81.4 Å². The van der Waals surface area contributed by atoms with Crippen LogP contribution in [0.2, 0.25) is 0 Å². The Morgan fingerprint density at radius 3 is 2.59 bits per heavy atom. The fourth-order valence-electron chi connectivity index (χ4n) is 2.27. The summed E-state index contributed by atoms with van der Waals surface area (Å²) in [6.07, 6.45) is 6.28. The summed E-state index contributed by atoms with van der Waals surface area (Å²) in [7, 11) is 0. The zero-order valence-electron chi connectivity index (χ0n) is 12.7. The predicted octanol–water partition coefficient (Wildman–Crippen LogP) is 2.33. The first kappa shape index (κ1) is 16.2. The Morgan fingerprint density at radius 2 is 2.05 bits per heavy atom. The number of ether oxygens (including phenoxy) is 1. The SMILES string of the molecule is CCOC(=O)/C=C/c1ccc(NC(=O)C(N)C2CCC2)cc1. The van der Waals surface area contributed by atoms with Gasteiger partial charge in [-0.2, -0.15) is 0 Å². The Balaban J connectivity index is 1.88. The second kappa shape index (κ2) is 7.75. The van der Waals surface area contributed by atoms with Crippen molar-refractivity contribution in [2.75, 3.05) is 11.9 Å². The molecule has 1 atom stereocenters. The van der Waals surface area contributed by atoms with Gasteiger partial charge in [0, 0.05) is 11.8 Å². The molecule has 1 saturated carbocycles. The molecule has 3 N–H and O–H groups in total. The molecule has 1 aromatic carbocycles. The molecule has 5 nitrogen and oxygen atoms in total. The number of carbonyl (C=O) groups is 2. The van der Waals surface area contributed by atoms with Gasteiger partial charge < -0.3 is 15.8 Å². The standard InChI is InChI=1S/C17H22N2O3/c1-2-22-15(20)11-8-12-6-9-14(10-7-12)19-17(21)16(18)13-4-3-5-13/h6-11,13,16H,2-5,18H2,1H3,(H,19,21)/b11-8+. The van der Waals surface area contributed by atoms with Gasteiger partial charge in [-0.1, -0.05) is 18.6 Å². The molecule has 0 bridgehead atoms. The summed E-state index contributed by atoms with van der Waals surface area (Å²) in [4.78, 5) is 23.2. The molecule has 0 aliphatic heterocycles. The van der Waals surface area contributed by atoms with Crippen molar-refractivity contribution in [2.45, 2.75) is 32.2 Å². The van der Waals surface area contributed by atoms with E-state index in [9.17, 15) is 9.59 Å². The van der Waals surface area contributed by atoms with E-state index < -0.39 is 6.04 Å². The van der Waals surface area contributed by atoms with Crippen LogP contribution in [-0.2, 0) is 14.3 Å². The molecule has 1 aromatic rings. The van der Waals surface area contributed by atoms with Crippen LogP contribution in [0.15, 0.2) is 30.3 Å². The second-order valence-electron chi connectivity index (χ2n) is 5.41. The zero-order valence-corrected chi connectivity index (χ0v) is 12.7. The largest absolute Gasteiger partial charge is 0.463 e. The highest BCUT2D eigenvalue weighted by atomic mass is 16.5. The van der Waals surface area contributed by atoms with Crippen LogP contribution in [0.5, 0.6) is 0 Å². The lowest BCUT2D eigenvalue weighted by molar-refractivity contribution is -0.137. The molecule has 1 aliphatic carbocycles. The fourth-order valence-corrected chi connectivity index (χ4v) is 2.27. The Bertz CT molecular complexity index is 548. The summed E-state index contributed by atoms with van der Waals surface area (Å²) in [6, 6.07) is 6.78. The molecule has 1 fully saturated rings. The summed E-state index contributed by atoms with van der Waals surface area (Å²) in [5.41, 5.74) is 7.49. The number of nitrogens with one attached hydrogen (secondary N) is 1. The maximum absolute atomic E-state index is 12.0. The molecule has 5 heteroatoms. The lowest BCUT2D eigenvalue weighted by Crippen LogP contribution is -2.44. The Hall–Kier alpha value is -2.14. The minimum absolute atomic E-state index is 0.139. The maximum Gasteiger partial charge on any atom is 0.330 e. The van der Waals surface area contributed by atoms with Crippen LogP contribution < -0.4 is 11.1 Å². The number of hydrogen-bond donors (Lipinski definition) is 2. The first-order chi connectivity index (χ1) is 10.6. The van der Waals surface area contributed by atoms with Crippen LogP contribution in [0.3, 0.4) is 0 Å². The number of carbonyl (C=O) groups excluding carboxylic acids is 2. The van der Waals surface area contributed by atoms with Gasteiger partial charge in [-0.3, -0.25) is 4.79 Å². The van der Waals surface area contributed by atoms with Crippen molar-refractivity contribution >= 4 is 23.6 Å². The van der Waals surface area contributed by atoms with E-state index in [4.69, 9.17) is 10.5 Å². The lowest BCUT2D eigenvalue weighted by atomic mass is 9.80. The number of esters is 1. The van der Waals surface area contributed by atoms with Crippen molar-refractivity contribution < 1.29 is 14.3 Å². The summed E-state index contributed by atoms with van der Waals surface area (Å²) in [5.74, 6) is -0.197. The van der Waals surface area contributed by atoms with E-state index in [1.54, 1.807) is 25.1 Å². The number of rotatable bonds is 6. The van der Waals surface area contributed by atoms with E-state index in [1.807, 2.05) is 12.1 Å². The van der Waals surface area contributed by atoms with Gasteiger partial charge in [0.15, 0.2) is 0 Å². The van der Waals surface area contributed by atoms with E-state index in [-0.39, 0.29) is 11.9 Å². The van der Waals surface area contributed by atoms with E-state index >= 15 is 0 Å². The summed E-state index contributed by atoms with van der Waals surface area (Å²) >= 11 is 0. The molecule has 2 rings (SSSR count). The van der Waals surface area contributed by atoms with Crippen molar-refractivity contribution in [2.24, 2.45) is 11.7 Å². The van der Waals surface area contributed by atoms with Crippen LogP contribution >= 0.6 is 0 Å². The van der Waals surface area contributed by atoms with Gasteiger partial charge in [0.05, 0.1) is 12.6 Å². The number of nitrogens with two attached hydrogens (primary N) is 1. The summed E-state index contributed by atoms with van der Waals surface area (Å²) in [5, 5.41) is 2.82. The van der Waals surface area contributed by atoms with Gasteiger partial charge in [0.25, 0.3) is 0 Å². The second-order valence-corrected chi connectivity index (χ2v) is 5.41. The van der Waals surface area contributed by atoms with E-state index in [2.05, 4.69) is 5.32 Å². The third-order valence-corrected chi connectivity index (χ3v) is 3.84. The quantitative estimate of drug-likeness (QED) is 0.624. The zero-order chi connectivity index (χ0) is 15.9. The van der Waals surface area contributed by atoms with Crippen LogP contribution in [0.1, 0.15) is 31.7 Å². The Morgan fingerprint density at radius 1 is 1.36 bits per heavy atom. The average Bonchev–Trinajstić information content (AvgIpc) is 2.45. The molecular weight excluding hydrogens is 280 g/mol. The summed E-state index contributed by atoms with van der Waals surface area (Å²) in [6.45, 7) is 2.12. The molecule has 22 heavy (non-hydrogen) atoms. The van der Waals surface area contributed by atoms with Crippen molar-refractivity contribution in [3.63, 3.8) is 0 Å². The van der Waals surface area contributed by atoms with E-state index in [0.29, 0.717) is 18.2 Å². The van der Waals surface area contributed by atoms with Crippen LogP contribution in [0.25, 0.3) is 6.08 Å². The van der Waals surface area contributed by atoms with Crippen LogP contribution in [0.4, 0.5) is 5.69 Å².